The number of aromatic nitrogens is 2. The number of nitrogens with zero attached hydrogens (tertiary/aromatic N) is 4. The van der Waals surface area contributed by atoms with E-state index >= 15 is 0 Å². The molecule has 0 radical (unpaired) electrons. The van der Waals surface area contributed by atoms with Crippen LogP contribution in [0.2, 0.25) is 0 Å². The van der Waals surface area contributed by atoms with Gasteiger partial charge in [0.15, 0.2) is 0 Å². The van der Waals surface area contributed by atoms with Gasteiger partial charge in [-0.2, -0.15) is 10.2 Å². The predicted molar refractivity (Wildman–Crippen MR) is 122 cm³/mol. The third kappa shape index (κ3) is 4.72. The van der Waals surface area contributed by atoms with Crippen LogP contribution in [0.1, 0.15) is 35.1 Å². The van der Waals surface area contributed by atoms with E-state index < -0.39 is 16.8 Å². The Morgan fingerprint density at radius 3 is 2.59 bits per heavy atom. The monoisotopic (exact) mass is 472 g/mol. The molecule has 2 aromatic rings. The number of hydrogen-bond donors (Lipinski definition) is 1. The summed E-state index contributed by atoms with van der Waals surface area (Å²) in [7, 11) is 6.16. The lowest BCUT2D eigenvalue weighted by atomic mass is 9.99. The zero-order valence-corrected chi connectivity index (χ0v) is 19.9. The average molecular weight is 473 g/mol. The lowest BCUT2D eigenvalue weighted by Crippen LogP contribution is -2.56. The standard InChI is InChI=1S/C23H29N5O6/c1-30-8-9-34-18-11-19(26-13-17(18)12-24)28(23(25)29)7-5-6-15-10-16(14-31-2)20(27-21(15)28)22(32-3)33-4/h10-11,13,22H,5-9,14H2,1-4H3,(H-,25,29)/p+1. The van der Waals surface area contributed by atoms with E-state index in [1.807, 2.05) is 6.07 Å². The van der Waals surface area contributed by atoms with Gasteiger partial charge in [0.05, 0.1) is 25.5 Å². The summed E-state index contributed by atoms with van der Waals surface area (Å²) in [6, 6.07) is 4.93. The zero-order chi connectivity index (χ0) is 24.7. The number of primary amides is 1. The summed E-state index contributed by atoms with van der Waals surface area (Å²) in [6.07, 6.45) is 1.98. The first-order chi connectivity index (χ1) is 16.5. The van der Waals surface area contributed by atoms with Crippen molar-refractivity contribution < 1.29 is 28.5 Å². The first kappa shape index (κ1) is 25.5. The van der Waals surface area contributed by atoms with Gasteiger partial charge in [0, 0.05) is 46.0 Å². The molecule has 0 aliphatic carbocycles. The Balaban J connectivity index is 2.23. The summed E-state index contributed by atoms with van der Waals surface area (Å²) >= 11 is 0. The summed E-state index contributed by atoms with van der Waals surface area (Å²) in [5.41, 5.74) is 8.38. The molecule has 0 spiro atoms. The summed E-state index contributed by atoms with van der Waals surface area (Å²) in [5.74, 6) is 1.04. The van der Waals surface area contributed by atoms with E-state index in [9.17, 15) is 10.1 Å². The Morgan fingerprint density at radius 1 is 1.21 bits per heavy atom. The Morgan fingerprint density at radius 2 is 1.97 bits per heavy atom. The number of amides is 2. The van der Waals surface area contributed by atoms with E-state index in [-0.39, 0.29) is 12.2 Å². The summed E-state index contributed by atoms with van der Waals surface area (Å²) in [6.45, 7) is 1.21. The zero-order valence-electron chi connectivity index (χ0n) is 19.9. The van der Waals surface area contributed by atoms with Gasteiger partial charge in [-0.15, -0.1) is 4.48 Å². The minimum Gasteiger partial charge on any atom is -0.489 e. The Hall–Kier alpha value is -3.14. The van der Waals surface area contributed by atoms with Gasteiger partial charge in [-0.3, -0.25) is 0 Å². The molecular weight excluding hydrogens is 442 g/mol. The molecule has 34 heavy (non-hydrogen) atoms. The molecule has 11 heteroatoms. The first-order valence-electron chi connectivity index (χ1n) is 10.7. The number of quaternary nitrogens is 1. The molecule has 1 aliphatic heterocycles. The van der Waals surface area contributed by atoms with Gasteiger partial charge >= 0.3 is 6.03 Å². The first-order valence-corrected chi connectivity index (χ1v) is 10.7. The van der Waals surface area contributed by atoms with E-state index in [1.165, 1.54) is 20.4 Å². The van der Waals surface area contributed by atoms with E-state index in [0.717, 1.165) is 11.1 Å². The van der Waals surface area contributed by atoms with Crippen molar-refractivity contribution in [3.05, 3.63) is 40.7 Å². The lowest BCUT2D eigenvalue weighted by Gasteiger charge is -2.36. The summed E-state index contributed by atoms with van der Waals surface area (Å²) in [4.78, 5) is 22.4. The average Bonchev–Trinajstić information content (AvgIpc) is 2.84. The van der Waals surface area contributed by atoms with Crippen molar-refractivity contribution in [2.75, 3.05) is 48.2 Å². The molecule has 3 heterocycles. The van der Waals surface area contributed by atoms with Crippen molar-refractivity contribution in [2.24, 2.45) is 5.73 Å². The molecular formula is C23H30N5O6+. The quantitative estimate of drug-likeness (QED) is 0.314. The topological polar surface area (TPSA) is 139 Å². The highest BCUT2D eigenvalue weighted by Crippen LogP contribution is 2.42. The van der Waals surface area contributed by atoms with Gasteiger partial charge < -0.3 is 29.4 Å². The van der Waals surface area contributed by atoms with Gasteiger partial charge in [0.25, 0.3) is 0 Å². The molecule has 11 nitrogen and oxygen atoms in total. The number of methoxy groups -OCH3 is 4. The maximum atomic E-state index is 13.1. The van der Waals surface area contributed by atoms with Gasteiger partial charge in [-0.05, 0) is 12.5 Å². The molecule has 0 bridgehead atoms. The van der Waals surface area contributed by atoms with Crippen LogP contribution in [-0.4, -0.2) is 64.2 Å². The minimum atomic E-state index is -0.769. The number of urea groups is 1. The maximum absolute atomic E-state index is 13.1. The van der Waals surface area contributed by atoms with Crippen LogP contribution in [0.15, 0.2) is 18.3 Å². The Kier molecular flexibility index (Phi) is 8.49. The second kappa shape index (κ2) is 11.3. The number of nitriles is 1. The van der Waals surface area contributed by atoms with Crippen molar-refractivity contribution in [1.82, 2.24) is 14.5 Å². The van der Waals surface area contributed by atoms with Gasteiger partial charge in [-0.1, -0.05) is 0 Å². The summed E-state index contributed by atoms with van der Waals surface area (Å²) in [5, 5.41) is 9.49. The number of nitrogens with two attached hydrogens (primary N) is 1. The molecule has 2 N–H and O–H groups in total. The van der Waals surface area contributed by atoms with E-state index in [2.05, 4.69) is 11.1 Å². The maximum Gasteiger partial charge on any atom is 0.426 e. The SMILES string of the molecule is COCCOc1cc([N+]2(C(N)=O)CCCc3cc(COC)c(C(OC)OC)nc32)ncc1C#N. The number of pyridine rings is 2. The fourth-order valence-corrected chi connectivity index (χ4v) is 4.15. The van der Waals surface area contributed by atoms with Crippen LogP contribution in [0.4, 0.5) is 16.4 Å². The molecule has 0 fully saturated rings. The molecule has 182 valence electrons. The number of aryl methyl sites for hydroxylation is 1. The molecule has 0 saturated carbocycles. The highest BCUT2D eigenvalue weighted by molar-refractivity contribution is 5.92. The minimum absolute atomic E-state index is 0.230. The summed E-state index contributed by atoms with van der Waals surface area (Å²) < 4.78 is 26.6. The van der Waals surface area contributed by atoms with Crippen LogP contribution < -0.4 is 15.0 Å². The number of ether oxygens (including phenoxy) is 5. The number of hydrogen-bond acceptors (Lipinski definition) is 9. The second-order valence-corrected chi connectivity index (χ2v) is 7.72. The Labute approximate surface area is 198 Å². The van der Waals surface area contributed by atoms with Crippen molar-refractivity contribution in [3.8, 4) is 11.8 Å². The molecule has 2 aromatic heterocycles. The molecule has 1 atom stereocenters. The number of fused-ring (bicyclic) bond motifs is 1. The second-order valence-electron chi connectivity index (χ2n) is 7.72. The van der Waals surface area contributed by atoms with Crippen molar-refractivity contribution in [1.29, 1.82) is 5.26 Å². The third-order valence-electron chi connectivity index (χ3n) is 5.73. The van der Waals surface area contributed by atoms with Crippen LogP contribution in [-0.2, 0) is 32.0 Å². The number of carbonyl (C=O) groups is 1. The number of carbonyl (C=O) groups excluding carboxylic acids is 1. The molecule has 0 saturated heterocycles. The fourth-order valence-electron chi connectivity index (χ4n) is 4.15. The molecule has 1 aliphatic rings. The molecule has 3 rings (SSSR count). The normalized spacial score (nSPS) is 17.3. The molecule has 0 aromatic carbocycles. The van der Waals surface area contributed by atoms with Crippen molar-refractivity contribution in [3.63, 3.8) is 0 Å². The lowest BCUT2D eigenvalue weighted by molar-refractivity contribution is -0.109. The smallest absolute Gasteiger partial charge is 0.426 e. The Bertz CT molecular complexity index is 1070. The molecule has 2 amide bonds. The van der Waals surface area contributed by atoms with Gasteiger partial charge in [0.1, 0.15) is 36.2 Å². The number of rotatable bonds is 10. The third-order valence-corrected chi connectivity index (χ3v) is 5.73. The van der Waals surface area contributed by atoms with Crippen molar-refractivity contribution in [2.45, 2.75) is 25.7 Å². The van der Waals surface area contributed by atoms with Crippen LogP contribution in [0.3, 0.4) is 0 Å². The van der Waals surface area contributed by atoms with Crippen LogP contribution in [0.5, 0.6) is 5.75 Å². The highest BCUT2D eigenvalue weighted by Gasteiger charge is 2.48. The van der Waals surface area contributed by atoms with E-state index in [1.54, 1.807) is 20.3 Å². The van der Waals surface area contributed by atoms with E-state index in [0.29, 0.717) is 55.7 Å². The van der Waals surface area contributed by atoms with Gasteiger partial charge in [-0.25, -0.2) is 9.78 Å². The molecule has 1 unspecified atom stereocenters. The fraction of sp³-hybridized carbons (Fsp3) is 0.478. The van der Waals surface area contributed by atoms with Crippen LogP contribution in [0.25, 0.3) is 0 Å². The largest absolute Gasteiger partial charge is 0.489 e. The van der Waals surface area contributed by atoms with Crippen molar-refractivity contribution >= 4 is 17.7 Å². The predicted octanol–water partition coefficient (Wildman–Crippen LogP) is 2.48. The van der Waals surface area contributed by atoms with E-state index in [4.69, 9.17) is 34.4 Å². The van der Waals surface area contributed by atoms with Crippen LogP contribution in [0, 0.1) is 11.3 Å². The highest BCUT2D eigenvalue weighted by atomic mass is 16.7. The van der Waals surface area contributed by atoms with Gasteiger partial charge in [0.2, 0.25) is 17.9 Å². The van der Waals surface area contributed by atoms with Crippen LogP contribution >= 0.6 is 0 Å².